The van der Waals surface area contributed by atoms with Crippen molar-refractivity contribution in [2.24, 2.45) is 0 Å². The molecule has 0 radical (unpaired) electrons. The second-order valence-electron chi connectivity index (χ2n) is 7.95. The van der Waals surface area contributed by atoms with Crippen molar-refractivity contribution < 1.29 is 14.3 Å². The lowest BCUT2D eigenvalue weighted by Gasteiger charge is -2.28. The number of halogens is 1. The number of hydrogen-bond donors (Lipinski definition) is 0. The Kier molecular flexibility index (Phi) is 6.68. The third kappa shape index (κ3) is 4.11. The highest BCUT2D eigenvalue weighted by molar-refractivity contribution is 9.10. The first-order valence-electron chi connectivity index (χ1n) is 10.9. The zero-order valence-electron chi connectivity index (χ0n) is 18.4. The van der Waals surface area contributed by atoms with Crippen molar-refractivity contribution in [3.63, 3.8) is 0 Å². The van der Waals surface area contributed by atoms with Crippen LogP contribution in [0, 0.1) is 6.92 Å². The molecule has 164 valence electrons. The van der Waals surface area contributed by atoms with E-state index in [2.05, 4.69) is 43.6 Å². The molecule has 2 aromatic carbocycles. The zero-order valence-corrected chi connectivity index (χ0v) is 20.0. The molecule has 1 aromatic heterocycles. The highest BCUT2D eigenvalue weighted by atomic mass is 79.9. The number of methoxy groups -OCH3 is 1. The van der Waals surface area contributed by atoms with Crippen LogP contribution in [-0.4, -0.2) is 42.2 Å². The summed E-state index contributed by atoms with van der Waals surface area (Å²) in [6.45, 7) is 7.03. The summed E-state index contributed by atoms with van der Waals surface area (Å²) in [6.07, 6.45) is 3.68. The highest BCUT2D eigenvalue weighted by Crippen LogP contribution is 2.42. The van der Waals surface area contributed by atoms with E-state index in [1.54, 1.807) is 7.11 Å². The quantitative estimate of drug-likeness (QED) is 0.410. The van der Waals surface area contributed by atoms with Crippen LogP contribution < -0.4 is 4.74 Å². The highest BCUT2D eigenvalue weighted by Gasteiger charge is 2.28. The molecule has 0 amide bonds. The van der Waals surface area contributed by atoms with Gasteiger partial charge in [0.15, 0.2) is 0 Å². The summed E-state index contributed by atoms with van der Waals surface area (Å²) in [4.78, 5) is 15.6. The molecule has 0 aliphatic carbocycles. The Labute approximate surface area is 192 Å². The fourth-order valence-electron chi connectivity index (χ4n) is 4.67. The molecule has 0 saturated carbocycles. The van der Waals surface area contributed by atoms with Gasteiger partial charge in [-0.15, -0.1) is 0 Å². The van der Waals surface area contributed by atoms with Crippen LogP contribution in [-0.2, 0) is 11.3 Å². The van der Waals surface area contributed by atoms with Crippen molar-refractivity contribution in [1.82, 2.24) is 9.47 Å². The number of rotatable bonds is 6. The average Bonchev–Trinajstić information content (AvgIpc) is 3.07. The fourth-order valence-corrected chi connectivity index (χ4v) is 5.29. The average molecular weight is 485 g/mol. The Bertz CT molecular complexity index is 1090. The number of ether oxygens (including phenoxy) is 2. The van der Waals surface area contributed by atoms with Gasteiger partial charge in [0, 0.05) is 28.9 Å². The second kappa shape index (κ2) is 9.45. The van der Waals surface area contributed by atoms with Crippen LogP contribution >= 0.6 is 15.9 Å². The first kappa shape index (κ1) is 21.9. The van der Waals surface area contributed by atoms with Gasteiger partial charge >= 0.3 is 5.97 Å². The number of nitrogens with zero attached hydrogens (tertiary/aromatic N) is 2. The molecule has 4 rings (SSSR count). The number of likely N-dealkylation sites (tertiary alicyclic amines) is 1. The van der Waals surface area contributed by atoms with Gasteiger partial charge in [-0.3, -0.25) is 4.90 Å². The van der Waals surface area contributed by atoms with E-state index in [0.29, 0.717) is 12.2 Å². The zero-order chi connectivity index (χ0) is 22.0. The number of esters is 1. The lowest BCUT2D eigenvalue weighted by atomic mass is 10.0. The molecule has 3 aromatic rings. The number of hydrogen-bond acceptors (Lipinski definition) is 4. The van der Waals surface area contributed by atoms with Crippen molar-refractivity contribution in [2.45, 2.75) is 39.7 Å². The third-order valence-electron chi connectivity index (χ3n) is 6.03. The molecule has 0 spiro atoms. The van der Waals surface area contributed by atoms with Crippen LogP contribution in [0.5, 0.6) is 5.75 Å². The molecule has 0 N–H and O–H groups in total. The van der Waals surface area contributed by atoms with E-state index in [0.717, 1.165) is 57.7 Å². The molecule has 1 saturated heterocycles. The van der Waals surface area contributed by atoms with Crippen LogP contribution in [0.15, 0.2) is 40.9 Å². The van der Waals surface area contributed by atoms with Gasteiger partial charge in [0.2, 0.25) is 0 Å². The van der Waals surface area contributed by atoms with Crippen LogP contribution in [0.2, 0.25) is 0 Å². The summed E-state index contributed by atoms with van der Waals surface area (Å²) in [5.74, 6) is 0.498. The largest absolute Gasteiger partial charge is 0.495 e. The van der Waals surface area contributed by atoms with Gasteiger partial charge < -0.3 is 14.0 Å². The summed E-state index contributed by atoms with van der Waals surface area (Å²) >= 11 is 3.73. The molecule has 0 atom stereocenters. The van der Waals surface area contributed by atoms with E-state index in [1.165, 1.54) is 19.3 Å². The minimum atomic E-state index is -0.288. The van der Waals surface area contributed by atoms with Gasteiger partial charge in [0.1, 0.15) is 5.75 Å². The van der Waals surface area contributed by atoms with Crippen LogP contribution in [0.3, 0.4) is 0 Å². The van der Waals surface area contributed by atoms with Crippen molar-refractivity contribution in [3.05, 3.63) is 57.7 Å². The summed E-state index contributed by atoms with van der Waals surface area (Å²) in [5.41, 5.74) is 4.53. The summed E-state index contributed by atoms with van der Waals surface area (Å²) in [5, 5.41) is 0.922. The van der Waals surface area contributed by atoms with Crippen LogP contribution in [0.4, 0.5) is 0 Å². The topological polar surface area (TPSA) is 43.7 Å². The fraction of sp³-hybridized carbons (Fsp3) is 0.400. The Morgan fingerprint density at radius 1 is 1.13 bits per heavy atom. The van der Waals surface area contributed by atoms with E-state index >= 15 is 0 Å². The molecule has 0 bridgehead atoms. The Morgan fingerprint density at radius 3 is 2.48 bits per heavy atom. The maximum atomic E-state index is 13.2. The summed E-state index contributed by atoms with van der Waals surface area (Å²) in [7, 11) is 1.69. The molecule has 2 heterocycles. The normalized spacial score (nSPS) is 14.7. The number of fused-ring (bicyclic) bond motifs is 1. The molecular weight excluding hydrogens is 456 g/mol. The lowest BCUT2D eigenvalue weighted by molar-refractivity contribution is 0.0527. The van der Waals surface area contributed by atoms with E-state index < -0.39 is 0 Å². The molecule has 0 unspecified atom stereocenters. The number of benzene rings is 2. The molecule has 6 heteroatoms. The predicted molar refractivity (Wildman–Crippen MR) is 127 cm³/mol. The monoisotopic (exact) mass is 484 g/mol. The molecule has 1 aliphatic rings. The van der Waals surface area contributed by atoms with E-state index in [4.69, 9.17) is 9.47 Å². The van der Waals surface area contributed by atoms with Gasteiger partial charge in [-0.1, -0.05) is 24.6 Å². The minimum Gasteiger partial charge on any atom is -0.495 e. The van der Waals surface area contributed by atoms with E-state index in [9.17, 15) is 4.79 Å². The second-order valence-corrected chi connectivity index (χ2v) is 8.81. The van der Waals surface area contributed by atoms with Crippen molar-refractivity contribution in [1.29, 1.82) is 0 Å². The number of para-hydroxylation sites is 1. The maximum absolute atomic E-state index is 13.2. The maximum Gasteiger partial charge on any atom is 0.340 e. The first-order valence-corrected chi connectivity index (χ1v) is 11.7. The Morgan fingerprint density at radius 2 is 1.84 bits per heavy atom. The predicted octanol–water partition coefficient (Wildman–Crippen LogP) is 5.87. The Hall–Kier alpha value is -2.31. The Balaban J connectivity index is 2.03. The van der Waals surface area contributed by atoms with E-state index in [-0.39, 0.29) is 5.97 Å². The number of carbonyl (C=O) groups is 1. The minimum absolute atomic E-state index is 0.288. The smallest absolute Gasteiger partial charge is 0.340 e. The third-order valence-corrected chi connectivity index (χ3v) is 6.62. The summed E-state index contributed by atoms with van der Waals surface area (Å²) in [6, 6.07) is 12.2. The lowest BCUT2D eigenvalue weighted by Crippen LogP contribution is -2.29. The van der Waals surface area contributed by atoms with Gasteiger partial charge in [0.05, 0.1) is 29.3 Å². The first-order chi connectivity index (χ1) is 15.1. The van der Waals surface area contributed by atoms with Crippen LogP contribution in [0.1, 0.15) is 47.8 Å². The number of aromatic nitrogens is 1. The summed E-state index contributed by atoms with van der Waals surface area (Å²) < 4.78 is 14.4. The van der Waals surface area contributed by atoms with Crippen molar-refractivity contribution in [2.75, 3.05) is 26.8 Å². The molecular formula is C25H29BrN2O3. The van der Waals surface area contributed by atoms with E-state index in [1.807, 2.05) is 32.0 Å². The molecule has 31 heavy (non-hydrogen) atoms. The molecule has 1 fully saturated rings. The standard InChI is InChI=1S/C25H29BrN2O3/c1-4-31-25(29)22-17(2)28(18-11-7-5-8-12-18)21-15-20(26)24(30-3)19(23(21)22)16-27-13-9-6-10-14-27/h5,7-8,11-12,15H,4,6,9-10,13-14,16H2,1-3H3. The van der Waals surface area contributed by atoms with Crippen molar-refractivity contribution in [3.8, 4) is 11.4 Å². The van der Waals surface area contributed by atoms with Crippen molar-refractivity contribution >= 4 is 32.8 Å². The van der Waals surface area contributed by atoms with Gasteiger partial charge in [0.25, 0.3) is 0 Å². The number of piperidine rings is 1. The molecule has 1 aliphatic heterocycles. The van der Waals surface area contributed by atoms with Gasteiger partial charge in [-0.2, -0.15) is 0 Å². The number of carbonyl (C=O) groups excluding carboxylic acids is 1. The molecule has 5 nitrogen and oxygen atoms in total. The van der Waals surface area contributed by atoms with Gasteiger partial charge in [-0.05, 0) is 73.9 Å². The van der Waals surface area contributed by atoms with Crippen LogP contribution in [0.25, 0.3) is 16.6 Å². The van der Waals surface area contributed by atoms with Gasteiger partial charge in [-0.25, -0.2) is 4.79 Å². The SMILES string of the molecule is CCOC(=O)c1c(C)n(-c2ccccc2)c2cc(Br)c(OC)c(CN3CCCCC3)c12.